The molecule has 3 aromatic rings. The lowest BCUT2D eigenvalue weighted by Gasteiger charge is -2.33. The zero-order chi connectivity index (χ0) is 22.2. The third-order valence-electron chi connectivity index (χ3n) is 6.77. The first-order valence-corrected chi connectivity index (χ1v) is 11.4. The van der Waals surface area contributed by atoms with Gasteiger partial charge in [-0.3, -0.25) is 4.79 Å². The molecule has 2 aliphatic rings. The Labute approximate surface area is 187 Å². The smallest absolute Gasteiger partial charge is 0.268 e. The first kappa shape index (κ1) is 20.7. The first-order chi connectivity index (χ1) is 15.5. The Morgan fingerprint density at radius 1 is 1.19 bits per heavy atom. The lowest BCUT2D eigenvalue weighted by molar-refractivity contribution is 0.0904. The summed E-state index contributed by atoms with van der Waals surface area (Å²) in [5.74, 6) is 1.54. The summed E-state index contributed by atoms with van der Waals surface area (Å²) < 4.78 is 2.08. The summed E-state index contributed by atoms with van der Waals surface area (Å²) in [5.41, 5.74) is 2.56. The van der Waals surface area contributed by atoms with E-state index in [4.69, 9.17) is 4.98 Å². The number of fused-ring (bicyclic) bond motifs is 3. The molecule has 5 heterocycles. The van der Waals surface area contributed by atoms with Crippen LogP contribution in [0.15, 0.2) is 30.6 Å². The predicted molar refractivity (Wildman–Crippen MR) is 126 cm³/mol. The van der Waals surface area contributed by atoms with Crippen LogP contribution >= 0.6 is 0 Å². The van der Waals surface area contributed by atoms with E-state index in [2.05, 4.69) is 61.9 Å². The molecule has 1 unspecified atom stereocenters. The molecule has 0 saturated carbocycles. The fourth-order valence-corrected chi connectivity index (χ4v) is 4.51. The maximum Gasteiger partial charge on any atom is 0.268 e. The lowest BCUT2D eigenvalue weighted by Crippen LogP contribution is -2.44. The Balaban J connectivity index is 1.40. The van der Waals surface area contributed by atoms with Gasteiger partial charge >= 0.3 is 0 Å². The van der Waals surface area contributed by atoms with Crippen LogP contribution in [0.5, 0.6) is 0 Å². The zero-order valence-corrected chi connectivity index (χ0v) is 18.9. The normalized spacial score (nSPS) is 20.2. The van der Waals surface area contributed by atoms with Crippen molar-refractivity contribution in [2.24, 2.45) is 5.92 Å². The van der Waals surface area contributed by atoms with Gasteiger partial charge in [0.15, 0.2) is 0 Å². The number of carbonyl (C=O) groups excluding carboxylic acids is 1. The summed E-state index contributed by atoms with van der Waals surface area (Å²) in [6.45, 7) is 9.14. The molecule has 1 amide bonds. The molecule has 1 saturated heterocycles. The first-order valence-electron chi connectivity index (χ1n) is 11.4. The molecule has 5 rings (SSSR count). The summed E-state index contributed by atoms with van der Waals surface area (Å²) in [4.78, 5) is 30.9. The number of likely N-dealkylation sites (N-methyl/N-ethyl adjacent to an activating group) is 1. The Morgan fingerprint density at radius 3 is 2.72 bits per heavy atom. The average Bonchev–Trinajstić information content (AvgIpc) is 3.20. The quantitative estimate of drug-likeness (QED) is 0.638. The van der Waals surface area contributed by atoms with Crippen LogP contribution in [0.4, 0.5) is 17.5 Å². The summed E-state index contributed by atoms with van der Waals surface area (Å²) in [6, 6.07) is 6.10. The number of pyridine rings is 1. The molecule has 32 heavy (non-hydrogen) atoms. The maximum absolute atomic E-state index is 12.5. The van der Waals surface area contributed by atoms with E-state index in [1.807, 2.05) is 18.3 Å². The highest BCUT2D eigenvalue weighted by Crippen LogP contribution is 2.31. The molecular formula is C23H30N8O. The molecule has 3 aromatic heterocycles. The second-order valence-electron chi connectivity index (χ2n) is 8.85. The van der Waals surface area contributed by atoms with Crippen LogP contribution in [0.1, 0.15) is 36.8 Å². The highest BCUT2D eigenvalue weighted by Gasteiger charge is 2.30. The van der Waals surface area contributed by atoms with E-state index < -0.39 is 0 Å². The molecule has 168 valence electrons. The molecule has 1 fully saturated rings. The lowest BCUT2D eigenvalue weighted by atomic mass is 9.97. The molecule has 2 atom stereocenters. The summed E-state index contributed by atoms with van der Waals surface area (Å²) in [7, 11) is 2.15. The number of carbonyl (C=O) groups is 1. The van der Waals surface area contributed by atoms with Gasteiger partial charge in [-0.15, -0.1) is 0 Å². The van der Waals surface area contributed by atoms with Crippen molar-refractivity contribution in [3.8, 4) is 0 Å². The van der Waals surface area contributed by atoms with Gasteiger partial charge in [-0.05, 0) is 31.2 Å². The van der Waals surface area contributed by atoms with Gasteiger partial charge in [0, 0.05) is 44.3 Å². The van der Waals surface area contributed by atoms with Crippen LogP contribution in [-0.2, 0) is 0 Å². The molecule has 0 bridgehead atoms. The van der Waals surface area contributed by atoms with Crippen LogP contribution in [0.2, 0.25) is 0 Å². The summed E-state index contributed by atoms with van der Waals surface area (Å²) in [5, 5.41) is 7.11. The van der Waals surface area contributed by atoms with Crippen molar-refractivity contribution in [1.82, 2.24) is 29.7 Å². The molecular weight excluding hydrogens is 404 g/mol. The van der Waals surface area contributed by atoms with Crippen LogP contribution < -0.4 is 15.5 Å². The van der Waals surface area contributed by atoms with Crippen molar-refractivity contribution in [3.63, 3.8) is 0 Å². The van der Waals surface area contributed by atoms with Gasteiger partial charge < -0.3 is 25.0 Å². The zero-order valence-electron chi connectivity index (χ0n) is 18.9. The van der Waals surface area contributed by atoms with Gasteiger partial charge in [0.25, 0.3) is 5.91 Å². The highest BCUT2D eigenvalue weighted by molar-refractivity contribution is 5.98. The van der Waals surface area contributed by atoms with Crippen LogP contribution in [-0.4, -0.2) is 70.1 Å². The predicted octanol–water partition coefficient (Wildman–Crippen LogP) is 2.65. The fraction of sp³-hybridized carbons (Fsp3) is 0.478. The van der Waals surface area contributed by atoms with Gasteiger partial charge in [0.2, 0.25) is 5.95 Å². The standard InChI is InChI=1S/C23H30N8O/c1-4-15(2)19-14-25-22(32)18-11-16-12-26-23(28-21(16)31(18)19)27-20-6-5-17(13-24-20)30-9-7-29(3)8-10-30/h5-6,11-13,15,19H,4,7-10,14H2,1-3H3,(H,25,32)(H,24,26,27,28)/t15?,19-/m1/s1. The van der Waals surface area contributed by atoms with Gasteiger partial charge in [0.05, 0.1) is 17.9 Å². The molecule has 0 aromatic carbocycles. The van der Waals surface area contributed by atoms with Gasteiger partial charge in [-0.2, -0.15) is 4.98 Å². The Bertz CT molecular complexity index is 1120. The number of aromatic nitrogens is 4. The maximum atomic E-state index is 12.5. The number of hydrogen-bond donors (Lipinski definition) is 2. The minimum Gasteiger partial charge on any atom is -0.368 e. The largest absolute Gasteiger partial charge is 0.368 e. The van der Waals surface area contributed by atoms with E-state index in [0.29, 0.717) is 29.9 Å². The SMILES string of the molecule is CCC(C)[C@H]1CNC(=O)c2cc3cnc(Nc4ccc(N5CCN(C)CC5)cn4)nc3n21. The number of amides is 1. The van der Waals surface area contributed by atoms with Crippen LogP contribution in [0.25, 0.3) is 11.0 Å². The topological polar surface area (TPSA) is 91.2 Å². The highest BCUT2D eigenvalue weighted by atomic mass is 16.2. The number of nitrogens with zero attached hydrogens (tertiary/aromatic N) is 6. The van der Waals surface area contributed by atoms with E-state index in [-0.39, 0.29) is 11.9 Å². The number of hydrogen-bond acceptors (Lipinski definition) is 7. The third kappa shape index (κ3) is 3.77. The van der Waals surface area contributed by atoms with E-state index in [9.17, 15) is 4.79 Å². The van der Waals surface area contributed by atoms with E-state index in [0.717, 1.165) is 49.3 Å². The van der Waals surface area contributed by atoms with Crippen molar-refractivity contribution < 1.29 is 4.79 Å². The van der Waals surface area contributed by atoms with Crippen molar-refractivity contribution >= 4 is 34.4 Å². The van der Waals surface area contributed by atoms with Crippen LogP contribution in [0.3, 0.4) is 0 Å². The molecule has 0 aliphatic carbocycles. The number of nitrogens with one attached hydrogen (secondary N) is 2. The van der Waals surface area contributed by atoms with Crippen molar-refractivity contribution in [2.75, 3.05) is 50.0 Å². The van der Waals surface area contributed by atoms with E-state index in [1.54, 1.807) is 6.20 Å². The Morgan fingerprint density at radius 2 is 2.00 bits per heavy atom. The van der Waals surface area contributed by atoms with Gasteiger partial charge in [-0.25, -0.2) is 9.97 Å². The second kappa shape index (κ2) is 8.38. The van der Waals surface area contributed by atoms with Gasteiger partial charge in [-0.1, -0.05) is 20.3 Å². The minimum absolute atomic E-state index is 0.0572. The van der Waals surface area contributed by atoms with Crippen molar-refractivity contribution in [1.29, 1.82) is 0 Å². The Kier molecular flexibility index (Phi) is 5.42. The summed E-state index contributed by atoms with van der Waals surface area (Å²) >= 11 is 0. The molecule has 0 spiro atoms. The van der Waals surface area contributed by atoms with E-state index >= 15 is 0 Å². The third-order valence-corrected chi connectivity index (χ3v) is 6.77. The van der Waals surface area contributed by atoms with Gasteiger partial charge in [0.1, 0.15) is 17.2 Å². The van der Waals surface area contributed by atoms with Crippen molar-refractivity contribution in [2.45, 2.75) is 26.3 Å². The molecule has 0 radical (unpaired) electrons. The van der Waals surface area contributed by atoms with E-state index in [1.165, 1.54) is 0 Å². The second-order valence-corrected chi connectivity index (χ2v) is 8.85. The molecule has 2 N–H and O–H groups in total. The average molecular weight is 435 g/mol. The summed E-state index contributed by atoms with van der Waals surface area (Å²) in [6.07, 6.45) is 4.70. The minimum atomic E-state index is -0.0572. The van der Waals surface area contributed by atoms with Crippen molar-refractivity contribution in [3.05, 3.63) is 36.3 Å². The number of anilines is 3. The molecule has 9 heteroatoms. The molecule has 9 nitrogen and oxygen atoms in total. The fourth-order valence-electron chi connectivity index (χ4n) is 4.51. The van der Waals surface area contributed by atoms with Crippen LogP contribution in [0, 0.1) is 5.92 Å². The Hall–Kier alpha value is -3.20. The molecule has 2 aliphatic heterocycles. The number of piperazine rings is 1. The monoisotopic (exact) mass is 434 g/mol. The number of rotatable bonds is 5.